The molecule has 1 N–H and O–H groups in total. The second-order valence-corrected chi connectivity index (χ2v) is 4.66. The molecule has 2 nitrogen and oxygen atoms in total. The minimum atomic E-state index is -0.695. The van der Waals surface area contributed by atoms with Gasteiger partial charge in [-0.1, -0.05) is 6.07 Å². The van der Waals surface area contributed by atoms with Crippen LogP contribution in [0, 0.1) is 12.8 Å². The van der Waals surface area contributed by atoms with E-state index in [1.165, 1.54) is 0 Å². The highest BCUT2D eigenvalue weighted by atomic mass is 16.5. The summed E-state index contributed by atoms with van der Waals surface area (Å²) in [6.07, 6.45) is 2.26. The lowest BCUT2D eigenvalue weighted by molar-refractivity contribution is 0.0328. The Bertz CT molecular complexity index is 365. The Hall–Kier alpha value is -1.02. The average molecular weight is 206 g/mol. The van der Waals surface area contributed by atoms with E-state index in [1.807, 2.05) is 32.0 Å². The van der Waals surface area contributed by atoms with E-state index in [0.29, 0.717) is 5.92 Å². The quantitative estimate of drug-likeness (QED) is 0.823. The Morgan fingerprint density at radius 2 is 2.00 bits per heavy atom. The molecular formula is C13H18O2. The second-order valence-electron chi connectivity index (χ2n) is 4.66. The summed E-state index contributed by atoms with van der Waals surface area (Å²) in [4.78, 5) is 0. The van der Waals surface area contributed by atoms with Crippen LogP contribution in [0.1, 0.15) is 30.9 Å². The lowest BCUT2D eigenvalue weighted by Gasteiger charge is -2.24. The van der Waals surface area contributed by atoms with Gasteiger partial charge >= 0.3 is 0 Å². The molecule has 2 heteroatoms. The van der Waals surface area contributed by atoms with Gasteiger partial charge in [0.2, 0.25) is 0 Å². The standard InChI is InChI=1S/C13H18O2/c1-9-6-11(8-12(7-9)15-3)13(2,14)10-4-5-10/h6-8,10,14H,4-5H2,1-3H3. The van der Waals surface area contributed by atoms with Crippen LogP contribution in [0.25, 0.3) is 0 Å². The van der Waals surface area contributed by atoms with Crippen LogP contribution in [0.4, 0.5) is 0 Å². The van der Waals surface area contributed by atoms with Crippen molar-refractivity contribution in [3.8, 4) is 5.75 Å². The summed E-state index contributed by atoms with van der Waals surface area (Å²) >= 11 is 0. The lowest BCUT2D eigenvalue weighted by Crippen LogP contribution is -2.23. The molecule has 1 unspecified atom stereocenters. The van der Waals surface area contributed by atoms with Crippen LogP contribution in [0.5, 0.6) is 5.75 Å². The number of aliphatic hydroxyl groups is 1. The fraction of sp³-hybridized carbons (Fsp3) is 0.538. The first-order valence-corrected chi connectivity index (χ1v) is 5.42. The molecule has 1 aliphatic carbocycles. The molecule has 1 atom stereocenters. The summed E-state index contributed by atoms with van der Waals surface area (Å²) in [5, 5.41) is 10.4. The van der Waals surface area contributed by atoms with Gasteiger partial charge < -0.3 is 9.84 Å². The highest BCUT2D eigenvalue weighted by Crippen LogP contribution is 2.46. The second kappa shape index (κ2) is 3.53. The van der Waals surface area contributed by atoms with Gasteiger partial charge in [0.05, 0.1) is 12.7 Å². The number of hydrogen-bond donors (Lipinski definition) is 1. The molecule has 0 heterocycles. The molecule has 0 aromatic heterocycles. The van der Waals surface area contributed by atoms with Crippen LogP contribution in [0.3, 0.4) is 0 Å². The number of aryl methyl sites for hydroxylation is 1. The van der Waals surface area contributed by atoms with Crippen LogP contribution in [-0.2, 0) is 5.60 Å². The smallest absolute Gasteiger partial charge is 0.119 e. The number of ether oxygens (including phenoxy) is 1. The maximum Gasteiger partial charge on any atom is 0.119 e. The molecule has 1 saturated carbocycles. The molecule has 0 aliphatic heterocycles. The Balaban J connectivity index is 2.38. The zero-order chi connectivity index (χ0) is 11.1. The maximum atomic E-state index is 10.4. The van der Waals surface area contributed by atoms with E-state index in [1.54, 1.807) is 7.11 Å². The summed E-state index contributed by atoms with van der Waals surface area (Å²) in [7, 11) is 1.66. The van der Waals surface area contributed by atoms with Crippen molar-refractivity contribution in [1.29, 1.82) is 0 Å². The monoisotopic (exact) mass is 206 g/mol. The highest BCUT2D eigenvalue weighted by Gasteiger charge is 2.41. The van der Waals surface area contributed by atoms with Crippen molar-refractivity contribution >= 4 is 0 Å². The number of benzene rings is 1. The summed E-state index contributed by atoms with van der Waals surface area (Å²) < 4.78 is 5.22. The SMILES string of the molecule is COc1cc(C)cc(C(C)(O)C2CC2)c1. The Morgan fingerprint density at radius 3 is 2.53 bits per heavy atom. The third-order valence-corrected chi connectivity index (χ3v) is 3.24. The van der Waals surface area contributed by atoms with E-state index in [-0.39, 0.29) is 0 Å². The molecule has 1 aromatic rings. The van der Waals surface area contributed by atoms with Crippen LogP contribution in [0.15, 0.2) is 18.2 Å². The zero-order valence-corrected chi connectivity index (χ0v) is 9.58. The zero-order valence-electron chi connectivity index (χ0n) is 9.58. The van der Waals surface area contributed by atoms with Gasteiger partial charge in [-0.15, -0.1) is 0 Å². The van der Waals surface area contributed by atoms with Crippen molar-refractivity contribution in [2.75, 3.05) is 7.11 Å². The number of hydrogen-bond acceptors (Lipinski definition) is 2. The Labute approximate surface area is 90.9 Å². The molecule has 1 aliphatic rings. The number of rotatable bonds is 3. The van der Waals surface area contributed by atoms with Gasteiger partial charge in [0, 0.05) is 0 Å². The lowest BCUT2D eigenvalue weighted by atomic mass is 9.90. The molecule has 2 rings (SSSR count). The van der Waals surface area contributed by atoms with Crippen LogP contribution in [-0.4, -0.2) is 12.2 Å². The fourth-order valence-corrected chi connectivity index (χ4v) is 2.04. The van der Waals surface area contributed by atoms with E-state index >= 15 is 0 Å². The van der Waals surface area contributed by atoms with Crippen molar-refractivity contribution in [2.24, 2.45) is 5.92 Å². The maximum absolute atomic E-state index is 10.4. The third-order valence-electron chi connectivity index (χ3n) is 3.24. The van der Waals surface area contributed by atoms with Gasteiger partial charge in [0.1, 0.15) is 5.75 Å². The van der Waals surface area contributed by atoms with Gasteiger partial charge in [0.15, 0.2) is 0 Å². The molecule has 0 bridgehead atoms. The van der Waals surface area contributed by atoms with E-state index in [0.717, 1.165) is 29.7 Å². The third kappa shape index (κ3) is 2.00. The summed E-state index contributed by atoms with van der Waals surface area (Å²) in [5.74, 6) is 1.25. The van der Waals surface area contributed by atoms with Crippen molar-refractivity contribution in [2.45, 2.75) is 32.3 Å². The first-order chi connectivity index (χ1) is 7.04. The average Bonchev–Trinajstić information content (AvgIpc) is 3.00. The minimum absolute atomic E-state index is 0.420. The molecule has 1 aromatic carbocycles. The van der Waals surface area contributed by atoms with Crippen LogP contribution >= 0.6 is 0 Å². The Kier molecular flexibility index (Phi) is 2.47. The molecular weight excluding hydrogens is 188 g/mol. The molecule has 1 fully saturated rings. The summed E-state index contributed by atoms with van der Waals surface area (Å²) in [6.45, 7) is 3.92. The van der Waals surface area contributed by atoms with E-state index in [2.05, 4.69) is 0 Å². The summed E-state index contributed by atoms with van der Waals surface area (Å²) in [5.41, 5.74) is 1.41. The van der Waals surface area contributed by atoms with E-state index < -0.39 is 5.60 Å². The molecule has 0 radical (unpaired) electrons. The van der Waals surface area contributed by atoms with Crippen LogP contribution < -0.4 is 4.74 Å². The first-order valence-electron chi connectivity index (χ1n) is 5.42. The number of methoxy groups -OCH3 is 1. The van der Waals surface area contributed by atoms with Gasteiger partial charge in [-0.25, -0.2) is 0 Å². The highest BCUT2D eigenvalue weighted by molar-refractivity contribution is 5.37. The Morgan fingerprint density at radius 1 is 1.33 bits per heavy atom. The molecule has 0 spiro atoms. The van der Waals surface area contributed by atoms with Crippen molar-refractivity contribution in [1.82, 2.24) is 0 Å². The topological polar surface area (TPSA) is 29.5 Å². The van der Waals surface area contributed by atoms with Crippen molar-refractivity contribution in [3.05, 3.63) is 29.3 Å². The normalized spacial score (nSPS) is 19.7. The predicted octanol–water partition coefficient (Wildman–Crippen LogP) is 2.62. The van der Waals surface area contributed by atoms with E-state index in [9.17, 15) is 5.11 Å². The van der Waals surface area contributed by atoms with Crippen LogP contribution in [0.2, 0.25) is 0 Å². The van der Waals surface area contributed by atoms with Gasteiger partial charge in [-0.2, -0.15) is 0 Å². The molecule has 15 heavy (non-hydrogen) atoms. The fourth-order valence-electron chi connectivity index (χ4n) is 2.04. The molecule has 82 valence electrons. The molecule has 0 saturated heterocycles. The largest absolute Gasteiger partial charge is 0.497 e. The summed E-state index contributed by atoms with van der Waals surface area (Å²) in [6, 6.07) is 5.96. The van der Waals surface area contributed by atoms with Gasteiger partial charge in [-0.05, 0) is 55.9 Å². The first kappa shape index (κ1) is 10.5. The molecule has 0 amide bonds. The van der Waals surface area contributed by atoms with Gasteiger partial charge in [-0.3, -0.25) is 0 Å². The predicted molar refractivity (Wildman–Crippen MR) is 60.0 cm³/mol. The van der Waals surface area contributed by atoms with Crippen molar-refractivity contribution in [3.63, 3.8) is 0 Å². The van der Waals surface area contributed by atoms with Crippen molar-refractivity contribution < 1.29 is 9.84 Å². The van der Waals surface area contributed by atoms with Gasteiger partial charge in [0.25, 0.3) is 0 Å². The minimum Gasteiger partial charge on any atom is -0.497 e. The van der Waals surface area contributed by atoms with E-state index in [4.69, 9.17) is 4.74 Å².